The van der Waals surface area contributed by atoms with Gasteiger partial charge in [0.2, 0.25) is 5.91 Å². The molecule has 124 valence electrons. The molecule has 1 aliphatic heterocycles. The maximum Gasteiger partial charge on any atom is 0.317 e. The Balaban J connectivity index is 1.63. The molecule has 1 aromatic rings. The van der Waals surface area contributed by atoms with Crippen molar-refractivity contribution in [1.29, 1.82) is 0 Å². The summed E-state index contributed by atoms with van der Waals surface area (Å²) in [4.78, 5) is 25.6. The summed E-state index contributed by atoms with van der Waals surface area (Å²) in [6, 6.07) is 8.48. The molecule has 0 bridgehead atoms. The van der Waals surface area contributed by atoms with Crippen molar-refractivity contribution in [3.8, 4) is 0 Å². The first-order valence-electron chi connectivity index (χ1n) is 8.57. The molecular weight excluding hydrogens is 290 g/mol. The number of nitrogens with two attached hydrogens (primary N) is 1. The molecule has 5 heteroatoms. The zero-order valence-electron chi connectivity index (χ0n) is 13.5. The Morgan fingerprint density at radius 1 is 1.09 bits per heavy atom. The van der Waals surface area contributed by atoms with E-state index in [0.717, 1.165) is 19.3 Å². The van der Waals surface area contributed by atoms with Crippen LogP contribution in [0.3, 0.4) is 0 Å². The van der Waals surface area contributed by atoms with E-state index in [4.69, 9.17) is 5.73 Å². The highest BCUT2D eigenvalue weighted by Gasteiger charge is 2.28. The number of benzene rings is 1. The van der Waals surface area contributed by atoms with E-state index in [9.17, 15) is 9.59 Å². The number of carbonyl (C=O) groups is 2. The Labute approximate surface area is 137 Å². The second-order valence-corrected chi connectivity index (χ2v) is 6.61. The van der Waals surface area contributed by atoms with Crippen LogP contribution in [-0.4, -0.2) is 29.9 Å². The van der Waals surface area contributed by atoms with Crippen LogP contribution in [0.2, 0.25) is 0 Å². The van der Waals surface area contributed by atoms with Gasteiger partial charge in [0.05, 0.1) is 6.04 Å². The first-order valence-corrected chi connectivity index (χ1v) is 8.57. The van der Waals surface area contributed by atoms with Gasteiger partial charge in [0, 0.05) is 19.0 Å². The molecule has 1 atom stereocenters. The quantitative estimate of drug-likeness (QED) is 0.822. The van der Waals surface area contributed by atoms with Crippen molar-refractivity contribution < 1.29 is 9.59 Å². The van der Waals surface area contributed by atoms with E-state index >= 15 is 0 Å². The van der Waals surface area contributed by atoms with Crippen molar-refractivity contribution in [3.63, 3.8) is 0 Å². The van der Waals surface area contributed by atoms with Crippen LogP contribution in [0, 0.1) is 5.92 Å². The predicted molar refractivity (Wildman–Crippen MR) is 88.8 cm³/mol. The largest absolute Gasteiger partial charge is 0.369 e. The number of aryl methyl sites for hydroxylation is 1. The summed E-state index contributed by atoms with van der Waals surface area (Å²) in [6.07, 6.45) is 5.72. The molecular formula is C18H25N3O2. The summed E-state index contributed by atoms with van der Waals surface area (Å²) in [5, 5.41) is 3.20. The topological polar surface area (TPSA) is 75.4 Å². The van der Waals surface area contributed by atoms with Crippen LogP contribution >= 0.6 is 0 Å². The smallest absolute Gasteiger partial charge is 0.317 e. The molecule has 1 aliphatic carbocycles. The molecule has 1 unspecified atom stereocenters. The number of primary amides is 1. The number of hydrogen-bond donors (Lipinski definition) is 2. The SMILES string of the molecule is NC(=O)C1CCN(C(=O)NC2CCCCc3ccccc32)CC1. The van der Waals surface area contributed by atoms with E-state index in [1.54, 1.807) is 0 Å². The zero-order valence-corrected chi connectivity index (χ0v) is 13.5. The van der Waals surface area contributed by atoms with Gasteiger partial charge in [0.1, 0.15) is 0 Å². The van der Waals surface area contributed by atoms with E-state index in [-0.39, 0.29) is 23.9 Å². The van der Waals surface area contributed by atoms with E-state index in [1.165, 1.54) is 17.5 Å². The molecule has 0 radical (unpaired) electrons. The monoisotopic (exact) mass is 315 g/mol. The third-order valence-corrected chi connectivity index (χ3v) is 5.10. The van der Waals surface area contributed by atoms with Gasteiger partial charge in [-0.05, 0) is 43.2 Å². The molecule has 1 saturated heterocycles. The summed E-state index contributed by atoms with van der Waals surface area (Å²) in [6.45, 7) is 1.21. The molecule has 0 aromatic heterocycles. The second kappa shape index (κ2) is 7.02. The summed E-state index contributed by atoms with van der Waals surface area (Å²) in [7, 11) is 0. The lowest BCUT2D eigenvalue weighted by Crippen LogP contribution is -2.47. The minimum Gasteiger partial charge on any atom is -0.369 e. The number of fused-ring (bicyclic) bond motifs is 1. The number of amides is 3. The molecule has 1 heterocycles. The molecule has 0 saturated carbocycles. The second-order valence-electron chi connectivity index (χ2n) is 6.61. The third kappa shape index (κ3) is 3.66. The van der Waals surface area contributed by atoms with E-state index in [2.05, 4.69) is 23.5 Å². The fourth-order valence-corrected chi connectivity index (χ4v) is 3.68. The summed E-state index contributed by atoms with van der Waals surface area (Å²) < 4.78 is 0. The van der Waals surface area contributed by atoms with Gasteiger partial charge >= 0.3 is 6.03 Å². The molecule has 3 N–H and O–H groups in total. The first kappa shape index (κ1) is 15.8. The van der Waals surface area contributed by atoms with Crippen LogP contribution in [0.5, 0.6) is 0 Å². The number of urea groups is 1. The Bertz CT molecular complexity index is 579. The summed E-state index contributed by atoms with van der Waals surface area (Å²) in [5.74, 6) is -0.333. The van der Waals surface area contributed by atoms with Crippen molar-refractivity contribution in [2.24, 2.45) is 11.7 Å². The molecule has 3 amide bonds. The average molecular weight is 315 g/mol. The normalized spacial score (nSPS) is 22.1. The van der Waals surface area contributed by atoms with Crippen molar-refractivity contribution in [3.05, 3.63) is 35.4 Å². The van der Waals surface area contributed by atoms with E-state index in [0.29, 0.717) is 25.9 Å². The highest BCUT2D eigenvalue weighted by Crippen LogP contribution is 2.29. The van der Waals surface area contributed by atoms with Gasteiger partial charge in [-0.25, -0.2) is 4.79 Å². The number of carbonyl (C=O) groups excluding carboxylic acids is 2. The number of nitrogens with zero attached hydrogens (tertiary/aromatic N) is 1. The predicted octanol–water partition coefficient (Wildman–Crippen LogP) is 2.36. The standard InChI is InChI=1S/C18H25N3O2/c19-17(22)14-9-11-21(12-10-14)18(23)20-16-8-4-2-6-13-5-1-3-7-15(13)16/h1,3,5,7,14,16H,2,4,6,8-12H2,(H2,19,22)(H,20,23). The molecule has 1 fully saturated rings. The van der Waals surface area contributed by atoms with Gasteiger partial charge in [-0.15, -0.1) is 0 Å². The van der Waals surface area contributed by atoms with Gasteiger partial charge in [-0.1, -0.05) is 30.7 Å². The van der Waals surface area contributed by atoms with Gasteiger partial charge in [0.15, 0.2) is 0 Å². The number of likely N-dealkylation sites (tertiary alicyclic amines) is 1. The lowest BCUT2D eigenvalue weighted by Gasteiger charge is -2.32. The number of nitrogens with one attached hydrogen (secondary N) is 1. The Kier molecular flexibility index (Phi) is 4.84. The van der Waals surface area contributed by atoms with E-state index < -0.39 is 0 Å². The molecule has 3 rings (SSSR count). The van der Waals surface area contributed by atoms with Crippen LogP contribution in [0.1, 0.15) is 49.3 Å². The number of rotatable bonds is 2. The van der Waals surface area contributed by atoms with Crippen LogP contribution in [0.15, 0.2) is 24.3 Å². The van der Waals surface area contributed by atoms with Crippen molar-refractivity contribution in [1.82, 2.24) is 10.2 Å². The Hall–Kier alpha value is -2.04. The van der Waals surface area contributed by atoms with Gasteiger partial charge in [0.25, 0.3) is 0 Å². The summed E-state index contributed by atoms with van der Waals surface area (Å²) >= 11 is 0. The van der Waals surface area contributed by atoms with Gasteiger partial charge in [-0.3, -0.25) is 4.79 Å². The first-order chi connectivity index (χ1) is 11.1. The van der Waals surface area contributed by atoms with Crippen LogP contribution < -0.4 is 11.1 Å². The van der Waals surface area contributed by atoms with Crippen LogP contribution in [0.25, 0.3) is 0 Å². The molecule has 1 aromatic carbocycles. The third-order valence-electron chi connectivity index (χ3n) is 5.10. The minimum absolute atomic E-state index is 0.0189. The Morgan fingerprint density at radius 3 is 2.57 bits per heavy atom. The zero-order chi connectivity index (χ0) is 16.2. The van der Waals surface area contributed by atoms with Gasteiger partial charge < -0.3 is 16.0 Å². The van der Waals surface area contributed by atoms with Crippen molar-refractivity contribution in [2.75, 3.05) is 13.1 Å². The highest BCUT2D eigenvalue weighted by atomic mass is 16.2. The molecule has 23 heavy (non-hydrogen) atoms. The highest BCUT2D eigenvalue weighted by molar-refractivity contribution is 5.78. The lowest BCUT2D eigenvalue weighted by molar-refractivity contribution is -0.123. The van der Waals surface area contributed by atoms with Crippen LogP contribution in [0.4, 0.5) is 4.79 Å². The molecule has 5 nitrogen and oxygen atoms in total. The fraction of sp³-hybridized carbons (Fsp3) is 0.556. The number of piperidine rings is 1. The maximum absolute atomic E-state index is 12.6. The minimum atomic E-state index is -0.247. The molecule has 0 spiro atoms. The van der Waals surface area contributed by atoms with Gasteiger partial charge in [-0.2, -0.15) is 0 Å². The average Bonchev–Trinajstić information content (AvgIpc) is 2.77. The van der Waals surface area contributed by atoms with E-state index in [1.807, 2.05) is 11.0 Å². The van der Waals surface area contributed by atoms with Crippen molar-refractivity contribution in [2.45, 2.75) is 44.6 Å². The molecule has 2 aliphatic rings. The fourth-order valence-electron chi connectivity index (χ4n) is 3.68. The van der Waals surface area contributed by atoms with Crippen molar-refractivity contribution >= 4 is 11.9 Å². The van der Waals surface area contributed by atoms with Crippen LogP contribution in [-0.2, 0) is 11.2 Å². The lowest BCUT2D eigenvalue weighted by atomic mass is 9.96. The number of hydrogen-bond acceptors (Lipinski definition) is 2. The summed E-state index contributed by atoms with van der Waals surface area (Å²) in [5.41, 5.74) is 7.96. The Morgan fingerprint density at radius 2 is 1.83 bits per heavy atom. The maximum atomic E-state index is 12.6.